The van der Waals surface area contributed by atoms with Crippen LogP contribution in [-0.4, -0.2) is 18.0 Å². The summed E-state index contributed by atoms with van der Waals surface area (Å²) in [4.78, 5) is 2.50. The first-order chi connectivity index (χ1) is 9.78. The van der Waals surface area contributed by atoms with Crippen LogP contribution >= 0.6 is 22.6 Å². The molecule has 0 spiro atoms. The summed E-state index contributed by atoms with van der Waals surface area (Å²) in [5.74, 6) is 0. The maximum Gasteiger partial charge on any atom is 0.0476 e. The number of nitrogens with zero attached hydrogens (tertiary/aromatic N) is 1. The SMILES string of the molecule is NCC1c2ccccc2CCN1Cc1ccc(I)cc1. The fraction of sp³-hybridized carbons (Fsp3) is 0.294. The molecule has 0 saturated carbocycles. The van der Waals surface area contributed by atoms with E-state index in [0.29, 0.717) is 12.6 Å². The molecule has 0 amide bonds. The van der Waals surface area contributed by atoms with Crippen LogP contribution in [0.4, 0.5) is 0 Å². The van der Waals surface area contributed by atoms with Crippen LogP contribution in [0.15, 0.2) is 48.5 Å². The van der Waals surface area contributed by atoms with Crippen molar-refractivity contribution in [2.45, 2.75) is 19.0 Å². The second-order valence-corrected chi connectivity index (χ2v) is 6.54. The lowest BCUT2D eigenvalue weighted by molar-refractivity contribution is 0.181. The van der Waals surface area contributed by atoms with Gasteiger partial charge in [-0.2, -0.15) is 0 Å². The van der Waals surface area contributed by atoms with Gasteiger partial charge in [0.2, 0.25) is 0 Å². The van der Waals surface area contributed by atoms with E-state index in [9.17, 15) is 0 Å². The Morgan fingerprint density at radius 2 is 1.85 bits per heavy atom. The lowest BCUT2D eigenvalue weighted by Gasteiger charge is -2.36. The van der Waals surface area contributed by atoms with Crippen LogP contribution in [0, 0.1) is 3.57 Å². The lowest BCUT2D eigenvalue weighted by atomic mass is 9.92. The first-order valence-electron chi connectivity index (χ1n) is 7.04. The molecule has 1 aliphatic heterocycles. The predicted molar refractivity (Wildman–Crippen MR) is 91.5 cm³/mol. The standard InChI is InChI=1S/C17H19IN2/c18-15-7-5-13(6-8-15)12-20-10-9-14-3-1-2-4-16(14)17(20)11-19/h1-8,17H,9-12,19H2. The number of benzene rings is 2. The number of nitrogens with two attached hydrogens (primary N) is 1. The molecule has 3 rings (SSSR count). The molecule has 2 aromatic rings. The monoisotopic (exact) mass is 378 g/mol. The molecule has 1 atom stereocenters. The first kappa shape index (κ1) is 14.0. The molecule has 0 bridgehead atoms. The van der Waals surface area contributed by atoms with Crippen molar-refractivity contribution in [2.75, 3.05) is 13.1 Å². The van der Waals surface area contributed by atoms with Gasteiger partial charge in [-0.1, -0.05) is 36.4 Å². The summed E-state index contributed by atoms with van der Waals surface area (Å²) in [7, 11) is 0. The molecule has 1 heterocycles. The number of fused-ring (bicyclic) bond motifs is 1. The second kappa shape index (κ2) is 6.24. The largest absolute Gasteiger partial charge is 0.329 e. The molecule has 0 aliphatic carbocycles. The summed E-state index contributed by atoms with van der Waals surface area (Å²) >= 11 is 2.35. The third-order valence-electron chi connectivity index (χ3n) is 4.05. The van der Waals surface area contributed by atoms with Gasteiger partial charge in [-0.25, -0.2) is 0 Å². The predicted octanol–water partition coefficient (Wildman–Crippen LogP) is 3.35. The van der Waals surface area contributed by atoms with E-state index in [-0.39, 0.29) is 0 Å². The van der Waals surface area contributed by atoms with Gasteiger partial charge in [0.25, 0.3) is 0 Å². The summed E-state index contributed by atoms with van der Waals surface area (Å²) in [6.45, 7) is 2.75. The van der Waals surface area contributed by atoms with Crippen molar-refractivity contribution in [1.29, 1.82) is 0 Å². The average Bonchev–Trinajstić information content (AvgIpc) is 2.49. The van der Waals surface area contributed by atoms with Gasteiger partial charge in [-0.05, 0) is 57.8 Å². The minimum atomic E-state index is 0.347. The molecule has 2 nitrogen and oxygen atoms in total. The Morgan fingerprint density at radius 3 is 2.60 bits per heavy atom. The zero-order valence-corrected chi connectivity index (χ0v) is 13.6. The van der Waals surface area contributed by atoms with Gasteiger partial charge in [0.1, 0.15) is 0 Å². The summed E-state index contributed by atoms with van der Waals surface area (Å²) < 4.78 is 1.28. The highest BCUT2D eigenvalue weighted by molar-refractivity contribution is 14.1. The summed E-state index contributed by atoms with van der Waals surface area (Å²) in [5, 5.41) is 0. The van der Waals surface area contributed by atoms with Crippen LogP contribution in [0.3, 0.4) is 0 Å². The first-order valence-corrected chi connectivity index (χ1v) is 8.12. The minimum absolute atomic E-state index is 0.347. The highest BCUT2D eigenvalue weighted by atomic mass is 127. The fourth-order valence-corrected chi connectivity index (χ4v) is 3.35. The Bertz CT molecular complexity index is 580. The van der Waals surface area contributed by atoms with E-state index in [1.165, 1.54) is 20.3 Å². The van der Waals surface area contributed by atoms with E-state index in [1.54, 1.807) is 0 Å². The molecule has 0 aromatic heterocycles. The molecule has 0 radical (unpaired) electrons. The van der Waals surface area contributed by atoms with E-state index < -0.39 is 0 Å². The summed E-state index contributed by atoms with van der Waals surface area (Å²) in [5.41, 5.74) is 10.3. The van der Waals surface area contributed by atoms with Crippen LogP contribution in [0.25, 0.3) is 0 Å². The van der Waals surface area contributed by atoms with Crippen LogP contribution in [0.1, 0.15) is 22.7 Å². The average molecular weight is 378 g/mol. The van der Waals surface area contributed by atoms with Crippen molar-refractivity contribution in [1.82, 2.24) is 4.90 Å². The Kier molecular flexibility index (Phi) is 4.38. The van der Waals surface area contributed by atoms with E-state index in [4.69, 9.17) is 5.73 Å². The molecule has 1 aliphatic rings. The van der Waals surface area contributed by atoms with Crippen molar-refractivity contribution in [3.05, 3.63) is 68.8 Å². The van der Waals surface area contributed by atoms with Crippen LogP contribution in [0.5, 0.6) is 0 Å². The normalized spacial score (nSPS) is 18.8. The molecule has 0 saturated heterocycles. The Morgan fingerprint density at radius 1 is 1.10 bits per heavy atom. The third-order valence-corrected chi connectivity index (χ3v) is 4.76. The number of rotatable bonds is 3. The van der Waals surface area contributed by atoms with Crippen molar-refractivity contribution in [3.63, 3.8) is 0 Å². The van der Waals surface area contributed by atoms with E-state index >= 15 is 0 Å². The second-order valence-electron chi connectivity index (χ2n) is 5.30. The van der Waals surface area contributed by atoms with Crippen LogP contribution in [-0.2, 0) is 13.0 Å². The molecule has 20 heavy (non-hydrogen) atoms. The van der Waals surface area contributed by atoms with Crippen molar-refractivity contribution in [3.8, 4) is 0 Å². The summed E-state index contributed by atoms with van der Waals surface area (Å²) in [6, 6.07) is 17.8. The van der Waals surface area contributed by atoms with E-state index in [0.717, 1.165) is 19.5 Å². The number of hydrogen-bond donors (Lipinski definition) is 1. The van der Waals surface area contributed by atoms with Gasteiger partial charge in [-0.15, -0.1) is 0 Å². The van der Waals surface area contributed by atoms with E-state index in [2.05, 4.69) is 76.0 Å². The van der Waals surface area contributed by atoms with Gasteiger partial charge in [0.15, 0.2) is 0 Å². The molecule has 104 valence electrons. The van der Waals surface area contributed by atoms with Crippen molar-refractivity contribution >= 4 is 22.6 Å². The molecule has 2 N–H and O–H groups in total. The van der Waals surface area contributed by atoms with Crippen molar-refractivity contribution in [2.24, 2.45) is 5.73 Å². The van der Waals surface area contributed by atoms with E-state index in [1.807, 2.05) is 0 Å². The lowest BCUT2D eigenvalue weighted by Crippen LogP contribution is -2.38. The molecule has 3 heteroatoms. The Hall–Kier alpha value is -0.910. The van der Waals surface area contributed by atoms with Gasteiger partial charge < -0.3 is 5.73 Å². The molecular weight excluding hydrogens is 359 g/mol. The minimum Gasteiger partial charge on any atom is -0.329 e. The highest BCUT2D eigenvalue weighted by Gasteiger charge is 2.25. The maximum absolute atomic E-state index is 6.04. The topological polar surface area (TPSA) is 29.3 Å². The van der Waals surface area contributed by atoms with Gasteiger partial charge in [0, 0.05) is 29.2 Å². The molecular formula is C17H19IN2. The van der Waals surface area contributed by atoms with Gasteiger partial charge in [0.05, 0.1) is 0 Å². The Labute approximate surface area is 134 Å². The quantitative estimate of drug-likeness (QED) is 0.831. The molecule has 2 aromatic carbocycles. The highest BCUT2D eigenvalue weighted by Crippen LogP contribution is 2.30. The third kappa shape index (κ3) is 2.90. The van der Waals surface area contributed by atoms with Gasteiger partial charge >= 0.3 is 0 Å². The molecule has 1 unspecified atom stereocenters. The van der Waals surface area contributed by atoms with Gasteiger partial charge in [-0.3, -0.25) is 4.90 Å². The van der Waals surface area contributed by atoms with Crippen LogP contribution < -0.4 is 5.73 Å². The number of hydrogen-bond acceptors (Lipinski definition) is 2. The smallest absolute Gasteiger partial charge is 0.0476 e. The van der Waals surface area contributed by atoms with Crippen LogP contribution in [0.2, 0.25) is 0 Å². The Balaban J connectivity index is 1.82. The van der Waals surface area contributed by atoms with Crippen molar-refractivity contribution < 1.29 is 0 Å². The maximum atomic E-state index is 6.04. The zero-order valence-electron chi connectivity index (χ0n) is 11.4. The zero-order chi connectivity index (χ0) is 13.9. The fourth-order valence-electron chi connectivity index (χ4n) is 2.99. The number of halogens is 1. The summed E-state index contributed by atoms with van der Waals surface area (Å²) in [6.07, 6.45) is 1.12. The molecule has 0 fully saturated rings.